The molecule has 1 amide bonds. The van der Waals surface area contributed by atoms with Crippen LogP contribution in [-0.4, -0.2) is 48.0 Å². The van der Waals surface area contributed by atoms with Crippen LogP contribution in [0.25, 0.3) is 0 Å². The fourth-order valence-electron chi connectivity index (χ4n) is 3.64. The van der Waals surface area contributed by atoms with Gasteiger partial charge in [-0.05, 0) is 30.5 Å². The number of phenolic OH excluding ortho intramolecular Hbond substituents is 1. The summed E-state index contributed by atoms with van der Waals surface area (Å²) >= 11 is 0. The van der Waals surface area contributed by atoms with Gasteiger partial charge >= 0.3 is 0 Å². The number of ether oxygens (including phenoxy) is 1. The zero-order valence-corrected chi connectivity index (χ0v) is 14.2. The highest BCUT2D eigenvalue weighted by molar-refractivity contribution is 6.01. The van der Waals surface area contributed by atoms with Crippen molar-refractivity contribution < 1.29 is 19.4 Å². The quantitative estimate of drug-likeness (QED) is 0.920. The van der Waals surface area contributed by atoms with Crippen molar-refractivity contribution in [3.05, 3.63) is 35.0 Å². The molecule has 0 radical (unpaired) electrons. The number of hydrazine groups is 1. The predicted molar refractivity (Wildman–Crippen MR) is 88.4 cm³/mol. The number of methoxy groups -OCH3 is 1. The van der Waals surface area contributed by atoms with Crippen LogP contribution >= 0.6 is 0 Å². The number of aromatic hydroxyl groups is 1. The van der Waals surface area contributed by atoms with Crippen molar-refractivity contribution in [2.24, 2.45) is 0 Å². The summed E-state index contributed by atoms with van der Waals surface area (Å²) in [6.07, 6.45) is 2.23. The van der Waals surface area contributed by atoms with Gasteiger partial charge in [0.2, 0.25) is 5.91 Å². The molecule has 0 saturated carbocycles. The third kappa shape index (κ3) is 2.67. The lowest BCUT2D eigenvalue weighted by Crippen LogP contribution is -2.47. The third-order valence-corrected chi connectivity index (χ3v) is 4.65. The normalized spacial score (nSPS) is 21.3. The fourth-order valence-corrected chi connectivity index (χ4v) is 3.64. The average molecular weight is 330 g/mol. The Hall–Kier alpha value is -2.34. The molecule has 1 aliphatic heterocycles. The molecule has 3 rings (SSSR count). The van der Waals surface area contributed by atoms with Crippen molar-refractivity contribution in [1.82, 2.24) is 10.0 Å². The molecule has 1 aromatic rings. The summed E-state index contributed by atoms with van der Waals surface area (Å²) in [5.74, 6) is 0.187. The molecule has 24 heavy (non-hydrogen) atoms. The number of nitrogens with zero attached hydrogens (tertiary/aromatic N) is 2. The molecule has 0 spiro atoms. The molecule has 0 saturated heterocycles. The summed E-state index contributed by atoms with van der Waals surface area (Å²) < 4.78 is 5.17. The van der Waals surface area contributed by atoms with Gasteiger partial charge in [-0.2, -0.15) is 0 Å². The Bertz CT molecular complexity index is 724. The number of carbonyl (C=O) groups excluding carboxylic acids is 2. The minimum absolute atomic E-state index is 0.0227. The molecular weight excluding hydrogens is 308 g/mol. The van der Waals surface area contributed by atoms with Gasteiger partial charge in [0.05, 0.1) is 7.11 Å². The van der Waals surface area contributed by atoms with Crippen molar-refractivity contribution in [1.29, 1.82) is 0 Å². The standard InChI is InChI=1S/C18H22N2O4/c1-19(2)20-13-5-4-6-15(22)18(13)12(10-17(20)23)11-7-8-14(21)16(9-11)24-3/h7-9,12,21H,4-6,10H2,1-3H3/t12-/m0/s1. The number of hydrogen-bond acceptors (Lipinski definition) is 5. The summed E-state index contributed by atoms with van der Waals surface area (Å²) in [4.78, 5) is 25.3. The Kier molecular flexibility index (Phi) is 4.32. The van der Waals surface area contributed by atoms with Gasteiger partial charge in [-0.3, -0.25) is 9.59 Å². The molecule has 1 N–H and O–H groups in total. The van der Waals surface area contributed by atoms with E-state index in [4.69, 9.17) is 4.74 Å². The minimum atomic E-state index is -0.286. The number of hydrogen-bond donors (Lipinski definition) is 1. The molecule has 2 aliphatic rings. The smallest absolute Gasteiger partial charge is 0.242 e. The Morgan fingerprint density at radius 3 is 2.67 bits per heavy atom. The monoisotopic (exact) mass is 330 g/mol. The van der Waals surface area contributed by atoms with Crippen LogP contribution in [0.1, 0.15) is 37.2 Å². The molecular formula is C18H22N2O4. The Labute approximate surface area is 141 Å². The molecule has 6 nitrogen and oxygen atoms in total. The lowest BCUT2D eigenvalue weighted by Gasteiger charge is -2.41. The molecule has 1 atom stereocenters. The number of Topliss-reactive ketones (excluding diaryl/α,β-unsaturated/α-hetero) is 1. The third-order valence-electron chi connectivity index (χ3n) is 4.65. The van der Waals surface area contributed by atoms with Crippen molar-refractivity contribution in [3.8, 4) is 11.5 Å². The first-order valence-corrected chi connectivity index (χ1v) is 8.07. The number of rotatable bonds is 3. The highest BCUT2D eigenvalue weighted by atomic mass is 16.5. The zero-order valence-electron chi connectivity index (χ0n) is 14.2. The highest BCUT2D eigenvalue weighted by Crippen LogP contribution is 2.43. The Balaban J connectivity index is 2.12. The molecule has 6 heteroatoms. The van der Waals surface area contributed by atoms with Crippen LogP contribution in [0.2, 0.25) is 0 Å². The molecule has 0 bridgehead atoms. The number of carbonyl (C=O) groups is 2. The second kappa shape index (κ2) is 6.28. The number of ketones is 1. The molecule has 1 aromatic carbocycles. The topological polar surface area (TPSA) is 70.1 Å². The van der Waals surface area contributed by atoms with Gasteiger partial charge in [0.25, 0.3) is 0 Å². The molecule has 0 unspecified atom stereocenters. The van der Waals surface area contributed by atoms with Crippen LogP contribution in [-0.2, 0) is 9.59 Å². The summed E-state index contributed by atoms with van der Waals surface area (Å²) in [6, 6.07) is 5.02. The molecule has 128 valence electrons. The van der Waals surface area contributed by atoms with Gasteiger partial charge in [0.1, 0.15) is 0 Å². The molecule has 0 aromatic heterocycles. The van der Waals surface area contributed by atoms with E-state index in [1.165, 1.54) is 7.11 Å². The summed E-state index contributed by atoms with van der Waals surface area (Å²) in [5.41, 5.74) is 2.35. The van der Waals surface area contributed by atoms with E-state index < -0.39 is 0 Å². The van der Waals surface area contributed by atoms with Gasteiger partial charge in [-0.25, -0.2) is 10.0 Å². The maximum atomic E-state index is 12.7. The molecule has 1 heterocycles. The van der Waals surface area contributed by atoms with Gasteiger partial charge in [-0.1, -0.05) is 6.07 Å². The summed E-state index contributed by atoms with van der Waals surface area (Å²) in [5, 5.41) is 13.2. The van der Waals surface area contributed by atoms with Crippen molar-refractivity contribution >= 4 is 11.7 Å². The Morgan fingerprint density at radius 1 is 1.25 bits per heavy atom. The molecule has 0 fully saturated rings. The van der Waals surface area contributed by atoms with Crippen molar-refractivity contribution in [2.75, 3.05) is 21.2 Å². The van der Waals surface area contributed by atoms with Crippen LogP contribution in [0.5, 0.6) is 11.5 Å². The van der Waals surface area contributed by atoms with Crippen LogP contribution < -0.4 is 4.74 Å². The predicted octanol–water partition coefficient (Wildman–Crippen LogP) is 2.20. The van der Waals surface area contributed by atoms with E-state index in [2.05, 4.69) is 0 Å². The Morgan fingerprint density at radius 2 is 2.00 bits per heavy atom. The number of amides is 1. The second-order valence-corrected chi connectivity index (χ2v) is 6.38. The number of benzene rings is 1. The molecule has 1 aliphatic carbocycles. The first-order chi connectivity index (χ1) is 11.4. The van der Waals surface area contributed by atoms with E-state index in [1.807, 2.05) is 14.1 Å². The maximum absolute atomic E-state index is 12.7. The maximum Gasteiger partial charge on any atom is 0.242 e. The van der Waals surface area contributed by atoms with Gasteiger partial charge in [-0.15, -0.1) is 0 Å². The summed E-state index contributed by atoms with van der Waals surface area (Å²) in [6.45, 7) is 0. The highest BCUT2D eigenvalue weighted by Gasteiger charge is 2.40. The first kappa shape index (κ1) is 16.5. The number of allylic oxidation sites excluding steroid dienone is 2. The van der Waals surface area contributed by atoms with Crippen LogP contribution in [0.4, 0.5) is 0 Å². The van der Waals surface area contributed by atoms with Crippen molar-refractivity contribution in [3.63, 3.8) is 0 Å². The fraction of sp³-hybridized carbons (Fsp3) is 0.444. The van der Waals surface area contributed by atoms with Crippen LogP contribution in [0, 0.1) is 0 Å². The van der Waals surface area contributed by atoms with Gasteiger partial charge < -0.3 is 9.84 Å². The second-order valence-electron chi connectivity index (χ2n) is 6.38. The van der Waals surface area contributed by atoms with Gasteiger partial charge in [0, 0.05) is 44.1 Å². The van der Waals surface area contributed by atoms with E-state index in [9.17, 15) is 14.7 Å². The minimum Gasteiger partial charge on any atom is -0.504 e. The van der Waals surface area contributed by atoms with E-state index in [1.54, 1.807) is 28.2 Å². The van der Waals surface area contributed by atoms with Crippen LogP contribution in [0.15, 0.2) is 29.5 Å². The number of phenols is 1. The van der Waals surface area contributed by atoms with E-state index >= 15 is 0 Å². The summed E-state index contributed by atoms with van der Waals surface area (Å²) in [7, 11) is 5.10. The van der Waals surface area contributed by atoms with Crippen LogP contribution in [0.3, 0.4) is 0 Å². The first-order valence-electron chi connectivity index (χ1n) is 8.07. The van der Waals surface area contributed by atoms with Crippen molar-refractivity contribution in [2.45, 2.75) is 31.6 Å². The van der Waals surface area contributed by atoms with E-state index in [0.717, 1.165) is 29.7 Å². The zero-order chi connectivity index (χ0) is 17.4. The van der Waals surface area contributed by atoms with Gasteiger partial charge in [0.15, 0.2) is 17.3 Å². The van der Waals surface area contributed by atoms with E-state index in [-0.39, 0.29) is 29.8 Å². The average Bonchev–Trinajstić information content (AvgIpc) is 2.54. The SMILES string of the molecule is COc1cc([C@@H]2CC(=O)N(N(C)C)C3=C2C(=O)CCC3)ccc1O. The lowest BCUT2D eigenvalue weighted by atomic mass is 9.77. The largest absolute Gasteiger partial charge is 0.504 e. The lowest BCUT2D eigenvalue weighted by molar-refractivity contribution is -0.143. The van der Waals surface area contributed by atoms with E-state index in [0.29, 0.717) is 12.2 Å².